The molecule has 0 saturated carbocycles. The van der Waals surface area contributed by atoms with Crippen LogP contribution in [0.5, 0.6) is 0 Å². The van der Waals surface area contributed by atoms with Crippen LogP contribution < -0.4 is 5.32 Å². The van der Waals surface area contributed by atoms with Gasteiger partial charge in [-0.05, 0) is 70.3 Å². The van der Waals surface area contributed by atoms with E-state index in [1.165, 1.54) is 89.9 Å². The Labute approximate surface area is 252 Å². The number of carboxylic acids is 1. The maximum Gasteiger partial charge on any atom is 0.322 e. The minimum atomic E-state index is -1.03. The average Bonchev–Trinajstić information content (AvgIpc) is 2.95. The first-order valence-electron chi connectivity index (χ1n) is 17.0. The summed E-state index contributed by atoms with van der Waals surface area (Å²) in [4.78, 5) is 34.7. The number of aliphatic carboxylic acids is 1. The van der Waals surface area contributed by atoms with Crippen molar-refractivity contribution >= 4 is 17.8 Å². The number of nitrogens with one attached hydrogen (secondary N) is 1. The number of rotatable bonds is 30. The van der Waals surface area contributed by atoms with E-state index in [4.69, 9.17) is 9.84 Å². The molecule has 6 nitrogen and oxygen atoms in total. The maximum absolute atomic E-state index is 12.5. The average molecular weight is 578 g/mol. The fraction of sp³-hybridized carbons (Fsp3) is 0.800. The Hall–Kier alpha value is -2.11. The molecule has 0 radical (unpaired) electrons. The standard InChI is InChI=1S/C35H63NO5/c1-3-5-7-9-11-12-13-14-15-16-18-20-26-30-35(40)41-32(27-23-19-17-10-8-6-4-2)28-24-21-22-25-29-33(37)36-31-34(38)39/h12-13,23,27,32H,3-11,14-22,24-26,28-31H2,1-2H3,(H,36,37)(H,38,39)/b13-12-,27-23-. The predicted octanol–water partition coefficient (Wildman–Crippen LogP) is 9.61. The van der Waals surface area contributed by atoms with Gasteiger partial charge in [0.1, 0.15) is 12.6 Å². The van der Waals surface area contributed by atoms with Gasteiger partial charge in [-0.15, -0.1) is 0 Å². The number of allylic oxidation sites excluding steroid dienone is 3. The molecule has 1 atom stereocenters. The summed E-state index contributed by atoms with van der Waals surface area (Å²) < 4.78 is 5.85. The molecule has 0 bridgehead atoms. The van der Waals surface area contributed by atoms with E-state index in [2.05, 4.69) is 43.5 Å². The first-order valence-corrected chi connectivity index (χ1v) is 17.0. The molecule has 0 aliphatic heterocycles. The monoisotopic (exact) mass is 577 g/mol. The summed E-state index contributed by atoms with van der Waals surface area (Å²) in [5.74, 6) is -1.34. The van der Waals surface area contributed by atoms with Crippen molar-refractivity contribution in [1.82, 2.24) is 5.32 Å². The lowest BCUT2D eigenvalue weighted by atomic mass is 10.1. The lowest BCUT2D eigenvalue weighted by Gasteiger charge is -2.15. The number of amides is 1. The smallest absolute Gasteiger partial charge is 0.322 e. The van der Waals surface area contributed by atoms with E-state index in [9.17, 15) is 14.4 Å². The van der Waals surface area contributed by atoms with Crippen LogP contribution in [0.25, 0.3) is 0 Å². The number of ether oxygens (including phenoxy) is 1. The molecule has 0 spiro atoms. The van der Waals surface area contributed by atoms with Crippen LogP contribution in [0.2, 0.25) is 0 Å². The molecular weight excluding hydrogens is 514 g/mol. The van der Waals surface area contributed by atoms with Crippen LogP contribution in [0, 0.1) is 0 Å². The summed E-state index contributed by atoms with van der Waals surface area (Å²) in [5, 5.41) is 11.0. The highest BCUT2D eigenvalue weighted by atomic mass is 16.5. The van der Waals surface area contributed by atoms with Crippen molar-refractivity contribution in [2.24, 2.45) is 0 Å². The molecule has 2 N–H and O–H groups in total. The van der Waals surface area contributed by atoms with E-state index in [-0.39, 0.29) is 24.5 Å². The Morgan fingerprint density at radius 1 is 0.634 bits per heavy atom. The Morgan fingerprint density at radius 3 is 1.73 bits per heavy atom. The zero-order valence-electron chi connectivity index (χ0n) is 26.6. The van der Waals surface area contributed by atoms with Gasteiger partial charge in [-0.25, -0.2) is 0 Å². The molecule has 0 saturated heterocycles. The normalized spacial score (nSPS) is 12.2. The van der Waals surface area contributed by atoms with Crippen LogP contribution >= 0.6 is 0 Å². The first-order chi connectivity index (χ1) is 20.0. The minimum Gasteiger partial charge on any atom is -0.480 e. The Bertz CT molecular complexity index is 688. The van der Waals surface area contributed by atoms with E-state index in [1.54, 1.807) is 0 Å². The van der Waals surface area contributed by atoms with Gasteiger partial charge in [0, 0.05) is 12.8 Å². The molecule has 0 rings (SSSR count). The predicted molar refractivity (Wildman–Crippen MR) is 171 cm³/mol. The van der Waals surface area contributed by atoms with Gasteiger partial charge >= 0.3 is 11.9 Å². The van der Waals surface area contributed by atoms with Crippen LogP contribution in [0.15, 0.2) is 24.3 Å². The molecule has 0 aliphatic carbocycles. The van der Waals surface area contributed by atoms with Gasteiger partial charge in [0.05, 0.1) is 0 Å². The van der Waals surface area contributed by atoms with E-state index in [1.807, 2.05) is 0 Å². The third-order valence-corrected chi connectivity index (χ3v) is 7.33. The second-order valence-electron chi connectivity index (χ2n) is 11.4. The number of carbonyl (C=O) groups excluding carboxylic acids is 2. The van der Waals surface area contributed by atoms with Crippen LogP contribution in [-0.4, -0.2) is 35.6 Å². The van der Waals surface area contributed by atoms with E-state index >= 15 is 0 Å². The van der Waals surface area contributed by atoms with Gasteiger partial charge in [-0.3, -0.25) is 14.4 Å². The molecule has 0 aromatic rings. The van der Waals surface area contributed by atoms with Crippen LogP contribution in [0.3, 0.4) is 0 Å². The first kappa shape index (κ1) is 38.9. The Balaban J connectivity index is 4.16. The topological polar surface area (TPSA) is 92.7 Å². The molecule has 0 aliphatic rings. The van der Waals surface area contributed by atoms with Crippen molar-refractivity contribution in [3.8, 4) is 0 Å². The molecule has 6 heteroatoms. The summed E-state index contributed by atoms with van der Waals surface area (Å²) in [6, 6.07) is 0. The van der Waals surface area contributed by atoms with Gasteiger partial charge in [0.15, 0.2) is 0 Å². The third kappa shape index (κ3) is 30.7. The molecule has 41 heavy (non-hydrogen) atoms. The number of carboxylic acid groups (broad SMARTS) is 1. The lowest BCUT2D eigenvalue weighted by Crippen LogP contribution is -2.28. The summed E-state index contributed by atoms with van der Waals surface area (Å²) in [5.41, 5.74) is 0. The number of unbranched alkanes of at least 4 members (excludes halogenated alkanes) is 17. The van der Waals surface area contributed by atoms with Crippen LogP contribution in [0.4, 0.5) is 0 Å². The maximum atomic E-state index is 12.5. The van der Waals surface area contributed by atoms with Crippen molar-refractivity contribution < 1.29 is 24.2 Å². The fourth-order valence-electron chi connectivity index (χ4n) is 4.77. The zero-order valence-corrected chi connectivity index (χ0v) is 26.6. The number of carbonyl (C=O) groups is 3. The summed E-state index contributed by atoms with van der Waals surface area (Å²) in [6.07, 6.45) is 34.5. The second-order valence-corrected chi connectivity index (χ2v) is 11.4. The van der Waals surface area contributed by atoms with Crippen molar-refractivity contribution in [3.63, 3.8) is 0 Å². The number of hydrogen-bond donors (Lipinski definition) is 2. The summed E-state index contributed by atoms with van der Waals surface area (Å²) in [7, 11) is 0. The third-order valence-electron chi connectivity index (χ3n) is 7.33. The highest BCUT2D eigenvalue weighted by Crippen LogP contribution is 2.15. The van der Waals surface area contributed by atoms with Gasteiger partial charge in [-0.2, -0.15) is 0 Å². The largest absolute Gasteiger partial charge is 0.480 e. The van der Waals surface area contributed by atoms with E-state index < -0.39 is 5.97 Å². The fourth-order valence-corrected chi connectivity index (χ4v) is 4.77. The lowest BCUT2D eigenvalue weighted by molar-refractivity contribution is -0.147. The summed E-state index contributed by atoms with van der Waals surface area (Å²) in [6.45, 7) is 4.15. The Kier molecular flexibility index (Phi) is 29.3. The van der Waals surface area contributed by atoms with Crippen LogP contribution in [-0.2, 0) is 19.1 Å². The van der Waals surface area contributed by atoms with E-state index in [0.717, 1.165) is 51.4 Å². The summed E-state index contributed by atoms with van der Waals surface area (Å²) >= 11 is 0. The zero-order chi connectivity index (χ0) is 30.2. The molecule has 0 aromatic heterocycles. The van der Waals surface area contributed by atoms with Crippen molar-refractivity contribution in [2.75, 3.05) is 6.54 Å². The van der Waals surface area contributed by atoms with Crippen molar-refractivity contribution in [1.29, 1.82) is 0 Å². The van der Waals surface area contributed by atoms with E-state index in [0.29, 0.717) is 12.8 Å². The van der Waals surface area contributed by atoms with Crippen molar-refractivity contribution in [3.05, 3.63) is 24.3 Å². The van der Waals surface area contributed by atoms with Crippen LogP contribution in [0.1, 0.15) is 168 Å². The van der Waals surface area contributed by atoms with Crippen molar-refractivity contribution in [2.45, 2.75) is 174 Å². The quantitative estimate of drug-likeness (QED) is 0.0504. The molecule has 0 aromatic carbocycles. The van der Waals surface area contributed by atoms with Gasteiger partial charge < -0.3 is 15.2 Å². The highest BCUT2D eigenvalue weighted by molar-refractivity contribution is 5.80. The molecule has 1 amide bonds. The Morgan fingerprint density at radius 2 is 1.12 bits per heavy atom. The minimum absolute atomic E-state index is 0.0938. The molecular formula is C35H63NO5. The molecule has 0 fully saturated rings. The highest BCUT2D eigenvalue weighted by Gasteiger charge is 2.12. The van der Waals surface area contributed by atoms with Gasteiger partial charge in [-0.1, -0.05) is 109 Å². The molecule has 238 valence electrons. The van der Waals surface area contributed by atoms with Gasteiger partial charge in [0.25, 0.3) is 0 Å². The number of esters is 1. The number of hydrogen-bond acceptors (Lipinski definition) is 4. The molecule has 0 heterocycles. The SMILES string of the molecule is CCCCCC/C=C\CCCCCCCC(=O)OC(/C=C\CCCCCCC)CCCCCCC(=O)NCC(=O)O. The second kappa shape index (κ2) is 30.8. The molecule has 1 unspecified atom stereocenters. The van der Waals surface area contributed by atoms with Gasteiger partial charge in [0.2, 0.25) is 5.91 Å².